The zero-order valence-electron chi connectivity index (χ0n) is 16.8. The number of likely N-dealkylation sites (tertiary alicyclic amines) is 1. The first-order valence-corrected chi connectivity index (χ1v) is 9.95. The summed E-state index contributed by atoms with van der Waals surface area (Å²) in [6.07, 6.45) is 2.63. The number of pyridine rings is 1. The van der Waals surface area contributed by atoms with Gasteiger partial charge in [-0.3, -0.25) is 18.8 Å². The predicted molar refractivity (Wildman–Crippen MR) is 111 cm³/mol. The molecular formula is C23H23N3O4. The van der Waals surface area contributed by atoms with Crippen LogP contribution < -0.4 is 5.56 Å². The fraction of sp³-hybridized carbons (Fsp3) is 0.304. The standard InChI is InChI=1S/C23H23N3O4/c1-17(27)25-13-10-23(11-14-25,18-7-3-2-4-8-18)22(29)30-16-19-15-21(28)26-12-6-5-9-20(26)24-19/h2-9,12,15H,10-11,13-14,16H2,1H3. The van der Waals surface area contributed by atoms with Crippen LogP contribution in [0.5, 0.6) is 0 Å². The van der Waals surface area contributed by atoms with Gasteiger partial charge in [-0.25, -0.2) is 4.98 Å². The van der Waals surface area contributed by atoms with Gasteiger partial charge < -0.3 is 9.64 Å². The largest absolute Gasteiger partial charge is 0.458 e. The normalized spacial score (nSPS) is 15.7. The summed E-state index contributed by atoms with van der Waals surface area (Å²) in [6.45, 7) is 2.45. The highest BCUT2D eigenvalue weighted by Gasteiger charge is 2.44. The van der Waals surface area contributed by atoms with Crippen molar-refractivity contribution in [2.24, 2.45) is 0 Å². The molecule has 3 aromatic rings. The number of hydrogen-bond donors (Lipinski definition) is 0. The highest BCUT2D eigenvalue weighted by atomic mass is 16.5. The molecule has 1 aliphatic heterocycles. The van der Waals surface area contributed by atoms with Crippen LogP contribution in [0, 0.1) is 0 Å². The average molecular weight is 405 g/mol. The molecule has 3 heterocycles. The molecule has 2 aromatic heterocycles. The molecule has 1 aromatic carbocycles. The third kappa shape index (κ3) is 3.70. The summed E-state index contributed by atoms with van der Waals surface area (Å²) in [4.78, 5) is 43.5. The Balaban J connectivity index is 1.57. The Bertz CT molecular complexity index is 1130. The summed E-state index contributed by atoms with van der Waals surface area (Å²) < 4.78 is 7.11. The zero-order chi connectivity index (χ0) is 21.1. The number of piperidine rings is 1. The molecule has 0 atom stereocenters. The Morgan fingerprint density at radius 2 is 1.77 bits per heavy atom. The van der Waals surface area contributed by atoms with E-state index < -0.39 is 5.41 Å². The van der Waals surface area contributed by atoms with Crippen LogP contribution in [-0.4, -0.2) is 39.3 Å². The van der Waals surface area contributed by atoms with Gasteiger partial charge in [0.15, 0.2) is 0 Å². The minimum atomic E-state index is -0.820. The van der Waals surface area contributed by atoms with E-state index in [0.717, 1.165) is 5.56 Å². The monoisotopic (exact) mass is 405 g/mol. The number of esters is 1. The van der Waals surface area contributed by atoms with Gasteiger partial charge in [-0.15, -0.1) is 0 Å². The fourth-order valence-electron chi connectivity index (χ4n) is 4.03. The van der Waals surface area contributed by atoms with Crippen molar-refractivity contribution in [1.82, 2.24) is 14.3 Å². The number of rotatable bonds is 4. The molecule has 1 saturated heterocycles. The van der Waals surface area contributed by atoms with Crippen LogP contribution >= 0.6 is 0 Å². The molecular weight excluding hydrogens is 382 g/mol. The quantitative estimate of drug-likeness (QED) is 0.623. The summed E-state index contributed by atoms with van der Waals surface area (Å²) >= 11 is 0. The van der Waals surface area contributed by atoms with Gasteiger partial charge in [0.1, 0.15) is 12.3 Å². The molecule has 154 valence electrons. The minimum absolute atomic E-state index is 0.00543. The molecule has 4 rings (SSSR count). The Morgan fingerprint density at radius 1 is 1.07 bits per heavy atom. The van der Waals surface area contributed by atoms with E-state index in [1.807, 2.05) is 30.3 Å². The van der Waals surface area contributed by atoms with Crippen LogP contribution in [0.4, 0.5) is 0 Å². The van der Waals surface area contributed by atoms with Crippen LogP contribution in [0.1, 0.15) is 31.0 Å². The highest BCUT2D eigenvalue weighted by Crippen LogP contribution is 2.37. The lowest BCUT2D eigenvalue weighted by Crippen LogP contribution is -2.49. The second kappa shape index (κ2) is 8.10. The van der Waals surface area contributed by atoms with Gasteiger partial charge in [0.25, 0.3) is 5.56 Å². The Labute approximate surface area is 173 Å². The molecule has 0 radical (unpaired) electrons. The van der Waals surface area contributed by atoms with E-state index in [1.54, 1.807) is 29.3 Å². The number of ether oxygens (including phenoxy) is 1. The second-order valence-electron chi connectivity index (χ2n) is 7.54. The van der Waals surface area contributed by atoms with E-state index in [4.69, 9.17) is 4.74 Å². The molecule has 7 heteroatoms. The number of hydrogen-bond acceptors (Lipinski definition) is 5. The van der Waals surface area contributed by atoms with Crippen molar-refractivity contribution < 1.29 is 14.3 Å². The maximum absolute atomic E-state index is 13.3. The summed E-state index contributed by atoms with van der Waals surface area (Å²) in [7, 11) is 0. The number of aromatic nitrogens is 2. The number of carbonyl (C=O) groups excluding carboxylic acids is 2. The summed E-state index contributed by atoms with van der Waals surface area (Å²) in [6, 6.07) is 16.2. The van der Waals surface area contributed by atoms with Gasteiger partial charge in [0, 0.05) is 32.3 Å². The third-order valence-corrected chi connectivity index (χ3v) is 5.75. The van der Waals surface area contributed by atoms with Gasteiger partial charge in [-0.2, -0.15) is 0 Å². The third-order valence-electron chi connectivity index (χ3n) is 5.75. The fourth-order valence-corrected chi connectivity index (χ4v) is 4.03. The van der Waals surface area contributed by atoms with Crippen molar-refractivity contribution in [3.8, 4) is 0 Å². The van der Waals surface area contributed by atoms with Crippen molar-refractivity contribution in [3.05, 3.63) is 82.4 Å². The Hall–Kier alpha value is -3.48. The van der Waals surface area contributed by atoms with Crippen molar-refractivity contribution in [2.75, 3.05) is 13.1 Å². The first-order chi connectivity index (χ1) is 14.5. The lowest BCUT2D eigenvalue weighted by atomic mass is 9.72. The van der Waals surface area contributed by atoms with Crippen LogP contribution in [0.15, 0.2) is 65.6 Å². The smallest absolute Gasteiger partial charge is 0.317 e. The molecule has 1 fully saturated rings. The van der Waals surface area contributed by atoms with Crippen LogP contribution in [-0.2, 0) is 26.3 Å². The lowest BCUT2D eigenvalue weighted by molar-refractivity contribution is -0.155. The first-order valence-electron chi connectivity index (χ1n) is 9.95. The molecule has 0 spiro atoms. The number of benzene rings is 1. The maximum atomic E-state index is 13.3. The Kier molecular flexibility index (Phi) is 5.35. The molecule has 0 unspecified atom stereocenters. The predicted octanol–water partition coefficient (Wildman–Crippen LogP) is 2.32. The molecule has 1 aliphatic rings. The number of fused-ring (bicyclic) bond motifs is 1. The molecule has 0 bridgehead atoms. The topological polar surface area (TPSA) is 81.0 Å². The zero-order valence-corrected chi connectivity index (χ0v) is 16.8. The first kappa shape index (κ1) is 19.8. The van der Waals surface area contributed by atoms with Crippen molar-refractivity contribution in [1.29, 1.82) is 0 Å². The summed E-state index contributed by atoms with van der Waals surface area (Å²) in [5.74, 6) is -0.349. The van der Waals surface area contributed by atoms with Crippen LogP contribution in [0.3, 0.4) is 0 Å². The Morgan fingerprint density at radius 3 is 2.47 bits per heavy atom. The minimum Gasteiger partial charge on any atom is -0.458 e. The number of amides is 1. The SMILES string of the molecule is CC(=O)N1CCC(C(=O)OCc2cc(=O)n3ccccc3n2)(c2ccccc2)CC1. The highest BCUT2D eigenvalue weighted by molar-refractivity contribution is 5.84. The van der Waals surface area contributed by atoms with E-state index in [1.165, 1.54) is 17.4 Å². The molecule has 7 nitrogen and oxygen atoms in total. The van der Waals surface area contributed by atoms with E-state index in [0.29, 0.717) is 37.3 Å². The molecule has 1 amide bonds. The van der Waals surface area contributed by atoms with E-state index >= 15 is 0 Å². The van der Waals surface area contributed by atoms with Gasteiger partial charge in [-0.1, -0.05) is 36.4 Å². The summed E-state index contributed by atoms with van der Waals surface area (Å²) in [5, 5.41) is 0. The van der Waals surface area contributed by atoms with Gasteiger partial charge in [0.05, 0.1) is 11.1 Å². The lowest BCUT2D eigenvalue weighted by Gasteiger charge is -2.40. The van der Waals surface area contributed by atoms with Crippen molar-refractivity contribution in [3.63, 3.8) is 0 Å². The molecule has 0 N–H and O–H groups in total. The van der Waals surface area contributed by atoms with Crippen LogP contribution in [0.2, 0.25) is 0 Å². The number of carbonyl (C=O) groups is 2. The maximum Gasteiger partial charge on any atom is 0.317 e. The summed E-state index contributed by atoms with van der Waals surface area (Å²) in [5.41, 5.74) is 0.746. The van der Waals surface area contributed by atoms with Gasteiger partial charge in [-0.05, 0) is 30.5 Å². The van der Waals surface area contributed by atoms with Crippen molar-refractivity contribution >= 4 is 17.5 Å². The van der Waals surface area contributed by atoms with E-state index in [9.17, 15) is 14.4 Å². The molecule has 0 saturated carbocycles. The molecule has 30 heavy (non-hydrogen) atoms. The van der Waals surface area contributed by atoms with Gasteiger partial charge >= 0.3 is 5.97 Å². The van der Waals surface area contributed by atoms with Crippen LogP contribution in [0.25, 0.3) is 5.65 Å². The second-order valence-corrected chi connectivity index (χ2v) is 7.54. The number of nitrogens with zero attached hydrogens (tertiary/aromatic N) is 3. The van der Waals surface area contributed by atoms with E-state index in [2.05, 4.69) is 4.98 Å². The van der Waals surface area contributed by atoms with Crippen molar-refractivity contribution in [2.45, 2.75) is 31.8 Å². The van der Waals surface area contributed by atoms with Gasteiger partial charge in [0.2, 0.25) is 5.91 Å². The average Bonchev–Trinajstić information content (AvgIpc) is 2.78. The molecule has 0 aliphatic carbocycles. The van der Waals surface area contributed by atoms with E-state index in [-0.39, 0.29) is 24.0 Å².